The first-order chi connectivity index (χ1) is 11.2. The number of nitrogens with one attached hydrogen (secondary N) is 2. The molecule has 7 heteroatoms. The summed E-state index contributed by atoms with van der Waals surface area (Å²) in [5.74, 6) is -0.157. The van der Waals surface area contributed by atoms with E-state index in [1.165, 1.54) is 0 Å². The van der Waals surface area contributed by atoms with E-state index in [9.17, 15) is 9.59 Å². The van der Waals surface area contributed by atoms with Crippen LogP contribution >= 0.6 is 0 Å². The normalized spacial score (nSPS) is 18.8. The largest absolute Gasteiger partial charge is 0.358 e. The van der Waals surface area contributed by atoms with E-state index in [0.29, 0.717) is 29.1 Å². The van der Waals surface area contributed by atoms with Crippen LogP contribution < -0.4 is 5.43 Å². The van der Waals surface area contributed by atoms with Crippen LogP contribution in [0.4, 0.5) is 0 Å². The monoisotopic (exact) mass is 307 g/mol. The first-order valence-electron chi connectivity index (χ1n) is 7.35. The maximum atomic E-state index is 12.0. The molecule has 114 valence electrons. The zero-order valence-corrected chi connectivity index (χ0v) is 12.2. The number of hydrazone groups is 1. The van der Waals surface area contributed by atoms with Crippen LogP contribution in [0.25, 0.3) is 6.08 Å². The highest BCUT2D eigenvalue weighted by molar-refractivity contribution is 6.32. The summed E-state index contributed by atoms with van der Waals surface area (Å²) in [6.45, 7) is 0. The maximum absolute atomic E-state index is 12.0. The lowest BCUT2D eigenvalue weighted by molar-refractivity contribution is -0.116. The number of aromatic amines is 1. The van der Waals surface area contributed by atoms with Crippen molar-refractivity contribution in [2.75, 3.05) is 0 Å². The van der Waals surface area contributed by atoms with Gasteiger partial charge in [-0.25, -0.2) is 5.43 Å². The van der Waals surface area contributed by atoms with Crippen LogP contribution in [0, 0.1) is 0 Å². The number of aromatic nitrogens is 3. The molecule has 1 aliphatic carbocycles. The van der Waals surface area contributed by atoms with Gasteiger partial charge in [0.2, 0.25) is 0 Å². The summed E-state index contributed by atoms with van der Waals surface area (Å²) in [6, 6.07) is 5.27. The van der Waals surface area contributed by atoms with E-state index in [2.05, 4.69) is 25.7 Å². The molecule has 23 heavy (non-hydrogen) atoms. The van der Waals surface area contributed by atoms with Crippen LogP contribution in [0.3, 0.4) is 0 Å². The lowest BCUT2D eigenvalue weighted by atomic mass is 9.97. The highest BCUT2D eigenvalue weighted by Gasteiger charge is 2.26. The molecule has 2 aromatic heterocycles. The van der Waals surface area contributed by atoms with Gasteiger partial charge in [-0.05, 0) is 37.1 Å². The zero-order chi connectivity index (χ0) is 15.8. The fourth-order valence-corrected chi connectivity index (χ4v) is 2.85. The summed E-state index contributed by atoms with van der Waals surface area (Å²) >= 11 is 0. The molecule has 0 spiro atoms. The van der Waals surface area contributed by atoms with E-state index >= 15 is 0 Å². The molecule has 0 saturated carbocycles. The lowest BCUT2D eigenvalue weighted by Gasteiger charge is -2.08. The van der Waals surface area contributed by atoms with Crippen molar-refractivity contribution < 1.29 is 9.59 Å². The van der Waals surface area contributed by atoms with E-state index < -0.39 is 0 Å². The number of H-pyrrole nitrogens is 1. The molecule has 2 N–H and O–H groups in total. The summed E-state index contributed by atoms with van der Waals surface area (Å²) in [7, 11) is 0. The van der Waals surface area contributed by atoms with Gasteiger partial charge in [0, 0.05) is 29.6 Å². The number of carbonyl (C=O) groups excluding carboxylic acids is 2. The van der Waals surface area contributed by atoms with Crippen molar-refractivity contribution in [3.05, 3.63) is 52.6 Å². The molecule has 0 bridgehead atoms. The van der Waals surface area contributed by atoms with E-state index in [4.69, 9.17) is 0 Å². The smallest absolute Gasteiger partial charge is 0.273 e. The van der Waals surface area contributed by atoms with Gasteiger partial charge in [-0.2, -0.15) is 10.2 Å². The SMILES string of the molecule is O=C1NN=C(c2cccnn2)C1=Cc1cc2c([nH]1)CCCC2=O. The molecule has 7 nitrogen and oxygen atoms in total. The molecular weight excluding hydrogens is 294 g/mol. The number of aryl methyl sites for hydroxylation is 1. The van der Waals surface area contributed by atoms with Crippen LogP contribution in [-0.4, -0.2) is 32.6 Å². The highest BCUT2D eigenvalue weighted by atomic mass is 16.2. The Morgan fingerprint density at radius 2 is 2.13 bits per heavy atom. The Morgan fingerprint density at radius 1 is 1.22 bits per heavy atom. The fourth-order valence-electron chi connectivity index (χ4n) is 2.85. The number of rotatable bonds is 2. The van der Waals surface area contributed by atoms with Crippen LogP contribution in [0.5, 0.6) is 0 Å². The van der Waals surface area contributed by atoms with Crippen LogP contribution in [0.15, 0.2) is 35.1 Å². The number of ketones is 1. The second-order valence-electron chi connectivity index (χ2n) is 5.46. The van der Waals surface area contributed by atoms with Gasteiger partial charge in [-0.15, -0.1) is 5.10 Å². The molecule has 0 radical (unpaired) electrons. The van der Waals surface area contributed by atoms with Crippen molar-refractivity contribution in [3.8, 4) is 0 Å². The van der Waals surface area contributed by atoms with Gasteiger partial charge >= 0.3 is 0 Å². The maximum Gasteiger partial charge on any atom is 0.273 e. The van der Waals surface area contributed by atoms with Gasteiger partial charge in [-0.1, -0.05) is 0 Å². The highest BCUT2D eigenvalue weighted by Crippen LogP contribution is 2.24. The third-order valence-corrected chi connectivity index (χ3v) is 3.93. The van der Waals surface area contributed by atoms with E-state index in [1.807, 2.05) is 0 Å². The Bertz CT molecular complexity index is 864. The van der Waals surface area contributed by atoms with Gasteiger partial charge in [-0.3, -0.25) is 9.59 Å². The van der Waals surface area contributed by atoms with Crippen molar-refractivity contribution in [2.24, 2.45) is 5.10 Å². The van der Waals surface area contributed by atoms with Crippen LogP contribution in [0.2, 0.25) is 0 Å². The Hall–Kier alpha value is -3.09. The number of nitrogens with zero attached hydrogens (tertiary/aromatic N) is 3. The third kappa shape index (κ3) is 2.36. The predicted molar refractivity (Wildman–Crippen MR) is 82.7 cm³/mol. The Morgan fingerprint density at radius 3 is 2.91 bits per heavy atom. The van der Waals surface area contributed by atoms with Gasteiger partial charge < -0.3 is 4.98 Å². The fraction of sp³-hybridized carbons (Fsp3) is 0.188. The summed E-state index contributed by atoms with van der Waals surface area (Å²) in [5, 5.41) is 11.8. The Kier molecular flexibility index (Phi) is 3.11. The van der Waals surface area contributed by atoms with Crippen LogP contribution in [0.1, 0.15) is 40.3 Å². The lowest BCUT2D eigenvalue weighted by Crippen LogP contribution is -2.14. The topological polar surface area (TPSA) is 100 Å². The average molecular weight is 307 g/mol. The van der Waals surface area contributed by atoms with Gasteiger partial charge in [0.05, 0.1) is 5.57 Å². The second kappa shape index (κ2) is 5.28. The minimum Gasteiger partial charge on any atom is -0.358 e. The standard InChI is InChI=1S/C16H13N5O2/c22-14-5-1-3-12-10(14)7-9(18-12)8-11-15(20-21-16(11)23)13-4-2-6-17-19-13/h2,4,6-8,18H,1,3,5H2,(H,21,23). The molecule has 4 rings (SSSR count). The molecule has 1 amide bonds. The van der Waals surface area contributed by atoms with Gasteiger partial charge in [0.25, 0.3) is 5.91 Å². The predicted octanol–water partition coefficient (Wildman–Crippen LogP) is 1.24. The molecule has 0 unspecified atom stereocenters. The zero-order valence-electron chi connectivity index (χ0n) is 12.2. The molecule has 0 aromatic carbocycles. The number of carbonyl (C=O) groups is 2. The van der Waals surface area contributed by atoms with E-state index in [-0.39, 0.29) is 11.7 Å². The molecular formula is C16H13N5O2. The Labute approximate surface area is 131 Å². The van der Waals surface area contributed by atoms with Gasteiger partial charge in [0.15, 0.2) is 5.78 Å². The van der Waals surface area contributed by atoms with E-state index in [1.54, 1.807) is 30.5 Å². The average Bonchev–Trinajstić information content (AvgIpc) is 3.14. The number of amides is 1. The van der Waals surface area contributed by atoms with Crippen molar-refractivity contribution in [1.29, 1.82) is 0 Å². The summed E-state index contributed by atoms with van der Waals surface area (Å²) < 4.78 is 0. The summed E-state index contributed by atoms with van der Waals surface area (Å²) in [6.07, 6.45) is 5.54. The van der Waals surface area contributed by atoms with Crippen molar-refractivity contribution in [1.82, 2.24) is 20.6 Å². The number of hydrogen-bond acceptors (Lipinski definition) is 5. The molecule has 2 aliphatic rings. The van der Waals surface area contributed by atoms with Crippen LogP contribution in [-0.2, 0) is 11.2 Å². The molecule has 1 aliphatic heterocycles. The minimum absolute atomic E-state index is 0.144. The van der Waals surface area contributed by atoms with E-state index in [0.717, 1.165) is 24.1 Å². The quantitative estimate of drug-likeness (QED) is 0.815. The Balaban J connectivity index is 1.74. The third-order valence-electron chi connectivity index (χ3n) is 3.93. The molecule has 2 aromatic rings. The van der Waals surface area contributed by atoms with Crippen molar-refractivity contribution in [2.45, 2.75) is 19.3 Å². The summed E-state index contributed by atoms with van der Waals surface area (Å²) in [5.41, 5.74) is 6.18. The summed E-state index contributed by atoms with van der Waals surface area (Å²) in [4.78, 5) is 27.2. The molecule has 0 atom stereocenters. The molecule has 3 heterocycles. The molecule has 0 fully saturated rings. The minimum atomic E-state index is -0.301. The second-order valence-corrected chi connectivity index (χ2v) is 5.46. The number of hydrogen-bond donors (Lipinski definition) is 2. The van der Waals surface area contributed by atoms with Gasteiger partial charge in [0.1, 0.15) is 11.4 Å². The first kappa shape index (κ1) is 13.6. The molecule has 0 saturated heterocycles. The van der Waals surface area contributed by atoms with Crippen molar-refractivity contribution in [3.63, 3.8) is 0 Å². The van der Waals surface area contributed by atoms with Crippen molar-refractivity contribution >= 4 is 23.5 Å². The number of fused-ring (bicyclic) bond motifs is 1. The number of Topliss-reactive ketones (excluding diaryl/α,β-unsaturated/α-hetero) is 1. The first-order valence-corrected chi connectivity index (χ1v) is 7.35.